The molecular weight excluding hydrogens is 408 g/mol. The largest absolute Gasteiger partial charge is 0.464 e. The van der Waals surface area contributed by atoms with Crippen LogP contribution in [0.4, 0.5) is 0 Å². The fourth-order valence-electron chi connectivity index (χ4n) is 4.01. The number of amides is 1. The van der Waals surface area contributed by atoms with Gasteiger partial charge in [-0.1, -0.05) is 31.5 Å². The highest BCUT2D eigenvalue weighted by molar-refractivity contribution is 5.95. The van der Waals surface area contributed by atoms with Gasteiger partial charge >= 0.3 is 5.97 Å². The van der Waals surface area contributed by atoms with E-state index in [1.165, 1.54) is 6.26 Å². The zero-order chi connectivity index (χ0) is 22.3. The van der Waals surface area contributed by atoms with Crippen LogP contribution >= 0.6 is 0 Å². The summed E-state index contributed by atoms with van der Waals surface area (Å²) < 4.78 is 11.0. The molecule has 0 radical (unpaired) electrons. The predicted octanol–water partition coefficient (Wildman–Crippen LogP) is 3.31. The second kappa shape index (κ2) is 10.5. The highest BCUT2D eigenvalue weighted by atomic mass is 16.5. The van der Waals surface area contributed by atoms with Gasteiger partial charge in [0.25, 0.3) is 5.91 Å². The number of ether oxygens (including phenoxy) is 1. The van der Waals surface area contributed by atoms with Crippen molar-refractivity contribution in [3.63, 3.8) is 0 Å². The first-order valence-electron chi connectivity index (χ1n) is 11.3. The van der Waals surface area contributed by atoms with E-state index in [1.807, 2.05) is 37.4 Å². The SMILES string of the molecule is CCCCOC(=O)C(Cc1c[nH]c2ccccc12)NC(=O)c1coc(C2CCCNC2)n1. The van der Waals surface area contributed by atoms with E-state index < -0.39 is 17.9 Å². The second-order valence-corrected chi connectivity index (χ2v) is 8.22. The Hall–Kier alpha value is -3.13. The molecule has 0 spiro atoms. The standard InChI is InChI=1S/C24H30N4O4/c1-2-3-11-31-24(30)20(12-17-14-26-19-9-5-4-8-18(17)19)27-22(29)21-15-32-23(28-21)16-7-6-10-25-13-16/h4-5,8-9,14-16,20,25-26H,2-3,6-7,10-13H2,1H3,(H,27,29). The molecule has 3 N–H and O–H groups in total. The lowest BCUT2D eigenvalue weighted by Gasteiger charge is -2.19. The lowest BCUT2D eigenvalue weighted by Crippen LogP contribution is -2.43. The molecule has 0 bridgehead atoms. The van der Waals surface area contributed by atoms with Crippen LogP contribution < -0.4 is 10.6 Å². The topological polar surface area (TPSA) is 109 Å². The number of carbonyl (C=O) groups is 2. The minimum atomic E-state index is -0.824. The summed E-state index contributed by atoms with van der Waals surface area (Å²) in [6.07, 6.45) is 7.27. The monoisotopic (exact) mass is 438 g/mol. The van der Waals surface area contributed by atoms with Crippen molar-refractivity contribution in [1.29, 1.82) is 0 Å². The smallest absolute Gasteiger partial charge is 0.328 e. The van der Waals surface area contributed by atoms with Crippen molar-refractivity contribution in [2.45, 2.75) is 51.0 Å². The fraction of sp³-hybridized carbons (Fsp3) is 0.458. The van der Waals surface area contributed by atoms with Crippen molar-refractivity contribution < 1.29 is 18.7 Å². The lowest BCUT2D eigenvalue weighted by molar-refractivity contribution is -0.146. The minimum absolute atomic E-state index is 0.159. The molecule has 0 saturated carbocycles. The average Bonchev–Trinajstić information content (AvgIpc) is 3.47. The molecule has 3 heterocycles. The number of para-hydroxylation sites is 1. The molecule has 2 unspecified atom stereocenters. The van der Waals surface area contributed by atoms with Gasteiger partial charge in [0.1, 0.15) is 12.3 Å². The summed E-state index contributed by atoms with van der Waals surface area (Å²) in [5.41, 5.74) is 2.09. The van der Waals surface area contributed by atoms with Gasteiger partial charge in [0, 0.05) is 36.0 Å². The number of fused-ring (bicyclic) bond motifs is 1. The number of benzene rings is 1. The molecule has 4 rings (SSSR count). The van der Waals surface area contributed by atoms with Gasteiger partial charge in [0.2, 0.25) is 0 Å². The highest BCUT2D eigenvalue weighted by Crippen LogP contribution is 2.23. The number of piperidine rings is 1. The van der Waals surface area contributed by atoms with Gasteiger partial charge in [-0.15, -0.1) is 0 Å². The number of oxazole rings is 1. The van der Waals surface area contributed by atoms with E-state index in [-0.39, 0.29) is 11.6 Å². The van der Waals surface area contributed by atoms with Crippen LogP contribution in [0.3, 0.4) is 0 Å². The number of rotatable bonds is 9. The van der Waals surface area contributed by atoms with Gasteiger partial charge in [-0.05, 0) is 37.4 Å². The van der Waals surface area contributed by atoms with E-state index in [0.717, 1.165) is 55.2 Å². The quantitative estimate of drug-likeness (QED) is 0.349. The molecule has 32 heavy (non-hydrogen) atoms. The molecule has 1 aliphatic heterocycles. The molecule has 3 aromatic rings. The van der Waals surface area contributed by atoms with E-state index in [9.17, 15) is 9.59 Å². The summed E-state index contributed by atoms with van der Waals surface area (Å²) in [5.74, 6) is -0.175. The van der Waals surface area contributed by atoms with Gasteiger partial charge in [-0.2, -0.15) is 0 Å². The maximum absolute atomic E-state index is 12.9. The number of hydrogen-bond donors (Lipinski definition) is 3. The predicted molar refractivity (Wildman–Crippen MR) is 120 cm³/mol. The number of H-pyrrole nitrogens is 1. The number of carbonyl (C=O) groups excluding carboxylic acids is 2. The van der Waals surface area contributed by atoms with Crippen molar-refractivity contribution in [1.82, 2.24) is 20.6 Å². The number of hydrogen-bond acceptors (Lipinski definition) is 6. The zero-order valence-electron chi connectivity index (χ0n) is 18.4. The Bertz CT molecular complexity index is 1050. The van der Waals surface area contributed by atoms with Crippen LogP contribution in [0.1, 0.15) is 60.5 Å². The van der Waals surface area contributed by atoms with Crippen LogP contribution in [0.15, 0.2) is 41.1 Å². The highest BCUT2D eigenvalue weighted by Gasteiger charge is 2.27. The van der Waals surface area contributed by atoms with Crippen molar-refractivity contribution >= 4 is 22.8 Å². The van der Waals surface area contributed by atoms with E-state index in [2.05, 4.69) is 20.6 Å². The maximum Gasteiger partial charge on any atom is 0.328 e. The van der Waals surface area contributed by atoms with Crippen molar-refractivity contribution in [3.05, 3.63) is 53.9 Å². The Kier molecular flexibility index (Phi) is 7.21. The third-order valence-electron chi connectivity index (χ3n) is 5.83. The first kappa shape index (κ1) is 22.1. The van der Waals surface area contributed by atoms with Crippen molar-refractivity contribution in [3.8, 4) is 0 Å². The van der Waals surface area contributed by atoms with Crippen molar-refractivity contribution in [2.75, 3.05) is 19.7 Å². The molecule has 1 aromatic carbocycles. The van der Waals surface area contributed by atoms with E-state index in [4.69, 9.17) is 9.15 Å². The summed E-state index contributed by atoms with van der Waals surface area (Å²) in [4.78, 5) is 33.3. The molecule has 1 fully saturated rings. The molecule has 1 amide bonds. The Labute approximate surface area is 187 Å². The van der Waals surface area contributed by atoms with Gasteiger partial charge in [0.05, 0.1) is 6.61 Å². The lowest BCUT2D eigenvalue weighted by atomic mass is 10.00. The summed E-state index contributed by atoms with van der Waals surface area (Å²) in [7, 11) is 0. The first-order chi connectivity index (χ1) is 15.7. The Balaban J connectivity index is 1.48. The zero-order valence-corrected chi connectivity index (χ0v) is 18.4. The van der Waals surface area contributed by atoms with Crippen LogP contribution in [0, 0.1) is 0 Å². The maximum atomic E-state index is 12.9. The number of nitrogens with one attached hydrogen (secondary N) is 3. The molecule has 1 saturated heterocycles. The van der Waals surface area contributed by atoms with E-state index >= 15 is 0 Å². The first-order valence-corrected chi connectivity index (χ1v) is 11.3. The van der Waals surface area contributed by atoms with Crippen LogP contribution in [-0.2, 0) is 16.0 Å². The third kappa shape index (κ3) is 5.19. The number of unbranched alkanes of at least 4 members (excludes halogenated alkanes) is 1. The molecule has 8 nitrogen and oxygen atoms in total. The molecule has 170 valence electrons. The fourth-order valence-corrected chi connectivity index (χ4v) is 4.01. The Morgan fingerprint density at radius 3 is 3.03 bits per heavy atom. The van der Waals surface area contributed by atoms with Crippen LogP contribution in [0.5, 0.6) is 0 Å². The number of aromatic amines is 1. The average molecular weight is 439 g/mol. The molecule has 2 atom stereocenters. The van der Waals surface area contributed by atoms with Crippen molar-refractivity contribution in [2.24, 2.45) is 0 Å². The Morgan fingerprint density at radius 2 is 2.22 bits per heavy atom. The van der Waals surface area contributed by atoms with Gasteiger partial charge in [-0.3, -0.25) is 4.79 Å². The van der Waals surface area contributed by atoms with Gasteiger partial charge < -0.3 is 24.8 Å². The molecule has 1 aliphatic rings. The van der Waals surface area contributed by atoms with E-state index in [1.54, 1.807) is 0 Å². The normalized spacial score (nSPS) is 17.2. The van der Waals surface area contributed by atoms with Crippen LogP contribution in [0.25, 0.3) is 10.9 Å². The molecule has 0 aliphatic carbocycles. The second-order valence-electron chi connectivity index (χ2n) is 8.22. The number of aromatic nitrogens is 2. The molecular formula is C24H30N4O4. The molecule has 8 heteroatoms. The summed E-state index contributed by atoms with van der Waals surface area (Å²) in [5, 5.41) is 7.15. The third-order valence-corrected chi connectivity index (χ3v) is 5.83. The van der Waals surface area contributed by atoms with Crippen LogP contribution in [0.2, 0.25) is 0 Å². The summed E-state index contributed by atoms with van der Waals surface area (Å²) in [6.45, 7) is 4.14. The summed E-state index contributed by atoms with van der Waals surface area (Å²) in [6, 6.07) is 7.04. The molecule has 2 aromatic heterocycles. The van der Waals surface area contributed by atoms with Gasteiger partial charge in [-0.25, -0.2) is 9.78 Å². The summed E-state index contributed by atoms with van der Waals surface area (Å²) >= 11 is 0. The van der Waals surface area contributed by atoms with E-state index in [0.29, 0.717) is 18.9 Å². The number of esters is 1. The van der Waals surface area contributed by atoms with Gasteiger partial charge in [0.15, 0.2) is 11.6 Å². The van der Waals surface area contributed by atoms with Crippen LogP contribution in [-0.4, -0.2) is 47.6 Å². The Morgan fingerprint density at radius 1 is 1.34 bits per heavy atom. The number of nitrogens with zero attached hydrogens (tertiary/aromatic N) is 1. The minimum Gasteiger partial charge on any atom is -0.464 e.